The number of hydrogen-bond acceptors (Lipinski definition) is 5. The first-order valence-corrected chi connectivity index (χ1v) is 7.28. The molecule has 0 atom stereocenters. The van der Waals surface area contributed by atoms with Gasteiger partial charge in [-0.25, -0.2) is 4.98 Å². The molecular weight excluding hydrogens is 238 g/mol. The third-order valence-corrected chi connectivity index (χ3v) is 3.29. The topological polar surface area (TPSA) is 53.1 Å². The number of anilines is 2. The van der Waals surface area contributed by atoms with Crippen molar-refractivity contribution in [2.24, 2.45) is 5.92 Å². The van der Waals surface area contributed by atoms with Crippen molar-refractivity contribution in [3.05, 3.63) is 12.3 Å². The van der Waals surface area contributed by atoms with Gasteiger partial charge < -0.3 is 15.5 Å². The van der Waals surface area contributed by atoms with Gasteiger partial charge in [0.05, 0.1) is 0 Å². The van der Waals surface area contributed by atoms with Crippen LogP contribution in [0.25, 0.3) is 0 Å². The maximum atomic E-state index is 4.61. The molecule has 2 rings (SSSR count). The third-order valence-electron chi connectivity index (χ3n) is 3.29. The summed E-state index contributed by atoms with van der Waals surface area (Å²) in [6.45, 7) is 9.54. The lowest BCUT2D eigenvalue weighted by Gasteiger charge is -2.20. The van der Waals surface area contributed by atoms with Crippen LogP contribution in [0.1, 0.15) is 26.7 Å². The van der Waals surface area contributed by atoms with Gasteiger partial charge >= 0.3 is 0 Å². The first-order valence-electron chi connectivity index (χ1n) is 7.28. The minimum Gasteiger partial charge on any atom is -0.370 e. The van der Waals surface area contributed by atoms with E-state index in [1.807, 2.05) is 12.3 Å². The summed E-state index contributed by atoms with van der Waals surface area (Å²) in [5, 5.41) is 6.77. The molecule has 5 nitrogen and oxygen atoms in total. The van der Waals surface area contributed by atoms with E-state index in [0.717, 1.165) is 57.3 Å². The molecule has 5 heteroatoms. The molecule has 0 saturated carbocycles. The number of aromatic nitrogens is 2. The van der Waals surface area contributed by atoms with Gasteiger partial charge in [0.2, 0.25) is 5.95 Å². The van der Waals surface area contributed by atoms with Crippen molar-refractivity contribution in [3.63, 3.8) is 0 Å². The van der Waals surface area contributed by atoms with Crippen LogP contribution in [0.5, 0.6) is 0 Å². The molecular formula is C14H25N5. The molecule has 2 N–H and O–H groups in total. The summed E-state index contributed by atoms with van der Waals surface area (Å²) < 4.78 is 0. The van der Waals surface area contributed by atoms with E-state index in [2.05, 4.69) is 39.3 Å². The molecule has 0 spiro atoms. The molecule has 0 unspecified atom stereocenters. The van der Waals surface area contributed by atoms with Crippen LogP contribution in [0.3, 0.4) is 0 Å². The predicted molar refractivity (Wildman–Crippen MR) is 79.7 cm³/mol. The summed E-state index contributed by atoms with van der Waals surface area (Å²) in [5.41, 5.74) is 0. The zero-order valence-electron chi connectivity index (χ0n) is 12.0. The van der Waals surface area contributed by atoms with Gasteiger partial charge in [-0.2, -0.15) is 4.98 Å². The van der Waals surface area contributed by atoms with Crippen molar-refractivity contribution in [3.8, 4) is 0 Å². The van der Waals surface area contributed by atoms with Crippen LogP contribution >= 0.6 is 0 Å². The van der Waals surface area contributed by atoms with E-state index in [-0.39, 0.29) is 0 Å². The Morgan fingerprint density at radius 2 is 2.26 bits per heavy atom. The zero-order valence-corrected chi connectivity index (χ0v) is 12.0. The Kier molecular flexibility index (Phi) is 5.39. The molecule has 1 fully saturated rings. The third kappa shape index (κ3) is 4.67. The Morgan fingerprint density at radius 3 is 3.11 bits per heavy atom. The van der Waals surface area contributed by atoms with Gasteiger partial charge in [0, 0.05) is 32.4 Å². The van der Waals surface area contributed by atoms with Crippen LogP contribution in [-0.2, 0) is 0 Å². The van der Waals surface area contributed by atoms with Gasteiger partial charge in [0.1, 0.15) is 5.82 Å². The zero-order chi connectivity index (χ0) is 13.5. The summed E-state index contributed by atoms with van der Waals surface area (Å²) in [6.07, 6.45) is 4.15. The highest BCUT2D eigenvalue weighted by Crippen LogP contribution is 2.12. The Bertz CT molecular complexity index is 372. The molecule has 19 heavy (non-hydrogen) atoms. The minimum absolute atomic E-state index is 0.713. The van der Waals surface area contributed by atoms with E-state index < -0.39 is 0 Å². The second kappa shape index (κ2) is 7.28. The fourth-order valence-electron chi connectivity index (χ4n) is 2.13. The Labute approximate surface area is 115 Å². The molecule has 0 bridgehead atoms. The first-order chi connectivity index (χ1) is 9.25. The number of hydrogen-bond donors (Lipinski definition) is 2. The van der Waals surface area contributed by atoms with Gasteiger partial charge in [0.15, 0.2) is 0 Å². The van der Waals surface area contributed by atoms with Crippen LogP contribution in [-0.4, -0.2) is 42.7 Å². The van der Waals surface area contributed by atoms with Crippen LogP contribution in [0, 0.1) is 5.92 Å². The van der Waals surface area contributed by atoms with Gasteiger partial charge in [-0.15, -0.1) is 0 Å². The number of nitrogens with zero attached hydrogens (tertiary/aromatic N) is 3. The molecule has 0 amide bonds. The van der Waals surface area contributed by atoms with Crippen molar-refractivity contribution in [1.82, 2.24) is 15.3 Å². The SMILES string of the molecule is CC(C)CCNc1ccnc(N2CCCNCC2)n1. The lowest BCUT2D eigenvalue weighted by Crippen LogP contribution is -2.29. The van der Waals surface area contributed by atoms with Crippen LogP contribution in [0.2, 0.25) is 0 Å². The molecule has 2 heterocycles. The molecule has 1 aliphatic rings. The summed E-state index contributed by atoms with van der Waals surface area (Å²) in [6, 6.07) is 1.94. The lowest BCUT2D eigenvalue weighted by molar-refractivity contribution is 0.606. The first kappa shape index (κ1) is 14.1. The Balaban J connectivity index is 1.93. The maximum Gasteiger partial charge on any atom is 0.227 e. The summed E-state index contributed by atoms with van der Waals surface area (Å²) in [4.78, 5) is 11.3. The van der Waals surface area contributed by atoms with Gasteiger partial charge in [-0.1, -0.05) is 13.8 Å². The standard InChI is InChI=1S/C14H25N5/c1-12(2)4-7-16-13-5-8-17-14(18-13)19-10-3-6-15-9-11-19/h5,8,12,15H,3-4,6-7,9-11H2,1-2H3,(H,16,17,18). The number of nitrogens with one attached hydrogen (secondary N) is 2. The summed E-state index contributed by atoms with van der Waals surface area (Å²) >= 11 is 0. The average Bonchev–Trinajstić information content (AvgIpc) is 2.67. The second-order valence-electron chi connectivity index (χ2n) is 5.44. The van der Waals surface area contributed by atoms with E-state index >= 15 is 0 Å². The van der Waals surface area contributed by atoms with Gasteiger partial charge in [-0.3, -0.25) is 0 Å². The summed E-state index contributed by atoms with van der Waals surface area (Å²) in [5.74, 6) is 2.49. The van der Waals surface area contributed by atoms with Crippen molar-refractivity contribution in [2.45, 2.75) is 26.7 Å². The Morgan fingerprint density at radius 1 is 1.37 bits per heavy atom. The van der Waals surface area contributed by atoms with E-state index in [1.165, 1.54) is 0 Å². The van der Waals surface area contributed by atoms with Crippen LogP contribution in [0.15, 0.2) is 12.3 Å². The fourth-order valence-corrected chi connectivity index (χ4v) is 2.13. The normalized spacial score (nSPS) is 16.5. The molecule has 0 aromatic carbocycles. The molecule has 0 aliphatic carbocycles. The quantitative estimate of drug-likeness (QED) is 0.847. The highest BCUT2D eigenvalue weighted by Gasteiger charge is 2.12. The molecule has 0 radical (unpaired) electrons. The average molecular weight is 263 g/mol. The van der Waals surface area contributed by atoms with Crippen LogP contribution < -0.4 is 15.5 Å². The molecule has 1 saturated heterocycles. The van der Waals surface area contributed by atoms with Crippen molar-refractivity contribution in [1.29, 1.82) is 0 Å². The minimum atomic E-state index is 0.713. The predicted octanol–water partition coefficient (Wildman–Crippen LogP) is 1.73. The molecule has 1 aromatic rings. The molecule has 1 aliphatic heterocycles. The van der Waals surface area contributed by atoms with E-state index in [9.17, 15) is 0 Å². The largest absolute Gasteiger partial charge is 0.370 e. The van der Waals surface area contributed by atoms with E-state index in [1.54, 1.807) is 0 Å². The van der Waals surface area contributed by atoms with Crippen molar-refractivity contribution < 1.29 is 0 Å². The smallest absolute Gasteiger partial charge is 0.227 e. The highest BCUT2D eigenvalue weighted by atomic mass is 15.3. The van der Waals surface area contributed by atoms with Crippen molar-refractivity contribution in [2.75, 3.05) is 42.9 Å². The Hall–Kier alpha value is -1.36. The van der Waals surface area contributed by atoms with Crippen LogP contribution in [0.4, 0.5) is 11.8 Å². The second-order valence-corrected chi connectivity index (χ2v) is 5.44. The lowest BCUT2D eigenvalue weighted by atomic mass is 10.1. The monoisotopic (exact) mass is 263 g/mol. The molecule has 106 valence electrons. The van der Waals surface area contributed by atoms with Gasteiger partial charge in [-0.05, 0) is 31.4 Å². The van der Waals surface area contributed by atoms with Gasteiger partial charge in [0.25, 0.3) is 0 Å². The maximum absolute atomic E-state index is 4.61. The van der Waals surface area contributed by atoms with Crippen molar-refractivity contribution >= 4 is 11.8 Å². The highest BCUT2D eigenvalue weighted by molar-refractivity contribution is 5.41. The fraction of sp³-hybridized carbons (Fsp3) is 0.714. The number of rotatable bonds is 5. The summed E-state index contributed by atoms with van der Waals surface area (Å²) in [7, 11) is 0. The van der Waals surface area contributed by atoms with E-state index in [4.69, 9.17) is 0 Å². The van der Waals surface area contributed by atoms with E-state index in [0.29, 0.717) is 5.92 Å². The molecule has 1 aromatic heterocycles.